The van der Waals surface area contributed by atoms with E-state index in [2.05, 4.69) is 142 Å². The molecule has 0 saturated carbocycles. The Morgan fingerprint density at radius 3 is 1.30 bits per heavy atom. The summed E-state index contributed by atoms with van der Waals surface area (Å²) in [6.45, 7) is 5.00. The van der Waals surface area contributed by atoms with Crippen LogP contribution in [0.25, 0.3) is 34.4 Å². The first kappa shape index (κ1) is 30.0. The second kappa shape index (κ2) is 11.3. The Bertz CT molecular complexity index is 1620. The molecule has 4 aromatic rings. The van der Waals surface area contributed by atoms with Crippen molar-refractivity contribution < 1.29 is 38.9 Å². The van der Waals surface area contributed by atoms with Crippen molar-refractivity contribution in [2.24, 2.45) is 0 Å². The number of hydrogen-bond acceptors (Lipinski definition) is 0. The summed E-state index contributed by atoms with van der Waals surface area (Å²) in [5, 5.41) is 0. The van der Waals surface area contributed by atoms with Crippen molar-refractivity contribution in [3.05, 3.63) is 130 Å². The second-order valence-electron chi connectivity index (χ2n) is 14.7. The summed E-state index contributed by atoms with van der Waals surface area (Å²) in [5.74, 6) is 0. The van der Waals surface area contributed by atoms with Crippen molar-refractivity contribution >= 4 is 14.5 Å². The first-order valence-electron chi connectivity index (χ1n) is 16.4. The number of allylic oxidation sites excluding steroid dienone is 2. The molecule has 1 fully saturated rings. The van der Waals surface area contributed by atoms with Gasteiger partial charge in [-0.2, -0.15) is 0 Å². The van der Waals surface area contributed by atoms with Gasteiger partial charge >= 0.3 is 271 Å². The fourth-order valence-corrected chi connectivity index (χ4v) is 163. The fraction of sp³-hybridized carbons (Fsp3) is 0.300. The Hall–Kier alpha value is -1.66. The van der Waals surface area contributed by atoms with Gasteiger partial charge in [0.2, 0.25) is 0 Å². The Balaban J connectivity index is 1.34. The molecule has 0 bridgehead atoms. The van der Waals surface area contributed by atoms with E-state index in [1.54, 1.807) is 34.4 Å². The number of rotatable bonds is 6. The van der Waals surface area contributed by atoms with Gasteiger partial charge in [0.25, 0.3) is 0 Å². The van der Waals surface area contributed by atoms with Gasteiger partial charge in [0.1, 0.15) is 0 Å². The van der Waals surface area contributed by atoms with Gasteiger partial charge < -0.3 is 0 Å². The summed E-state index contributed by atoms with van der Waals surface area (Å²) in [5.41, 5.74) is 15.4. The van der Waals surface area contributed by atoms with Gasteiger partial charge in [-0.15, -0.1) is 0 Å². The fourth-order valence-electron chi connectivity index (χ4n) is 10.4. The van der Waals surface area contributed by atoms with Gasteiger partial charge in [0.15, 0.2) is 0 Å². The molecule has 218 valence electrons. The van der Waals surface area contributed by atoms with Crippen LogP contribution in [0.3, 0.4) is 0 Å². The van der Waals surface area contributed by atoms with Crippen LogP contribution in [0.15, 0.2) is 108 Å². The van der Waals surface area contributed by atoms with Crippen molar-refractivity contribution in [3.8, 4) is 22.3 Å². The standard InChI is InChI=1S/2C16H13.C4H8Si.4CH3.2Zr/c2*1-12-10-14-8-5-9-15(16(14)11-12)13-6-3-2-4-7-13;1-2-4-5-3-1;;;;;;/h2*2-11H,1H3;1-4H2;4*1H3;;. The predicted molar refractivity (Wildman–Crippen MR) is 185 cm³/mol. The Morgan fingerprint density at radius 2 is 0.907 bits per heavy atom. The monoisotopic (exact) mass is 734 g/mol. The molecule has 1 heterocycles. The van der Waals surface area contributed by atoms with Crippen LogP contribution >= 0.6 is 0 Å². The van der Waals surface area contributed by atoms with E-state index in [1.165, 1.54) is 46.2 Å². The zero-order chi connectivity index (χ0) is 30.0. The van der Waals surface area contributed by atoms with Crippen LogP contribution in [-0.2, 0) is 38.9 Å². The van der Waals surface area contributed by atoms with Crippen molar-refractivity contribution in [1.82, 2.24) is 0 Å². The van der Waals surface area contributed by atoms with Crippen molar-refractivity contribution in [2.45, 2.75) is 64.6 Å². The molecular weight excluding hydrogens is 691 g/mol. The van der Waals surface area contributed by atoms with E-state index in [4.69, 9.17) is 0 Å². The molecule has 0 nitrogen and oxygen atoms in total. The van der Waals surface area contributed by atoms with E-state index in [-0.39, 0.29) is 0 Å². The molecule has 43 heavy (non-hydrogen) atoms. The molecule has 1 aliphatic heterocycles. The Kier molecular flexibility index (Phi) is 7.89. The summed E-state index contributed by atoms with van der Waals surface area (Å²) in [7, 11) is 0. The SMILES string of the molecule is CC1=Cc2c(-c3ccccc3)cccc2[CH]1[Zr]([CH3])([CH3])[Si]1([Zr]([CH3])([CH3])[CH]2C(C)=Cc3c(-c4ccccc4)cccc32)CCCC1. The van der Waals surface area contributed by atoms with Crippen LogP contribution < -0.4 is 0 Å². The average Bonchev–Trinajstić information content (AvgIpc) is 3.73. The zero-order valence-electron chi connectivity index (χ0n) is 26.9. The molecule has 2 unspecified atom stereocenters. The van der Waals surface area contributed by atoms with Crippen molar-refractivity contribution in [1.29, 1.82) is 0 Å². The van der Waals surface area contributed by atoms with Crippen LogP contribution in [0.2, 0.25) is 30.6 Å². The molecule has 2 atom stereocenters. The van der Waals surface area contributed by atoms with Gasteiger partial charge in [-0.1, -0.05) is 0 Å². The zero-order valence-corrected chi connectivity index (χ0v) is 32.8. The van der Waals surface area contributed by atoms with Crippen LogP contribution in [0.4, 0.5) is 0 Å². The minimum absolute atomic E-state index is 0.731. The second-order valence-corrected chi connectivity index (χ2v) is 76.1. The van der Waals surface area contributed by atoms with Crippen LogP contribution in [0.1, 0.15) is 56.2 Å². The van der Waals surface area contributed by atoms with Gasteiger partial charge in [-0.25, -0.2) is 0 Å². The quantitative estimate of drug-likeness (QED) is 0.173. The van der Waals surface area contributed by atoms with Gasteiger partial charge in [0.05, 0.1) is 0 Å². The topological polar surface area (TPSA) is 0 Å². The molecule has 2 aliphatic carbocycles. The number of hydrogen-bond donors (Lipinski definition) is 0. The normalized spacial score (nSPS) is 20.9. The summed E-state index contributed by atoms with van der Waals surface area (Å²) in [6.07, 6.45) is 8.21. The average molecular weight is 737 g/mol. The van der Waals surface area contributed by atoms with Gasteiger partial charge in [-0.3, -0.25) is 0 Å². The number of fused-ring (bicyclic) bond motifs is 2. The Morgan fingerprint density at radius 1 is 0.512 bits per heavy atom. The van der Waals surface area contributed by atoms with Gasteiger partial charge in [0, 0.05) is 0 Å². The number of benzene rings is 4. The molecule has 3 aliphatic rings. The van der Waals surface area contributed by atoms with Gasteiger partial charge in [-0.05, 0) is 0 Å². The van der Waals surface area contributed by atoms with E-state index in [0.29, 0.717) is 0 Å². The summed E-state index contributed by atoms with van der Waals surface area (Å²) in [6, 6.07) is 40.0. The molecular formula is C40H46SiZr2. The molecule has 0 amide bonds. The van der Waals surface area contributed by atoms with E-state index >= 15 is 0 Å². The van der Waals surface area contributed by atoms with Crippen molar-refractivity contribution in [3.63, 3.8) is 0 Å². The van der Waals surface area contributed by atoms with E-state index in [0.717, 1.165) is 7.25 Å². The third-order valence-electron chi connectivity index (χ3n) is 12.1. The summed E-state index contributed by atoms with van der Waals surface area (Å²) in [4.78, 5) is 0. The first-order valence-corrected chi connectivity index (χ1v) is 38.9. The maximum absolute atomic E-state index is 2.95. The molecule has 0 aromatic heterocycles. The molecule has 0 N–H and O–H groups in total. The first-order chi connectivity index (χ1) is 20.7. The molecule has 1 saturated heterocycles. The van der Waals surface area contributed by atoms with Crippen LogP contribution in [-0.4, -0.2) is 2.33 Å². The third kappa shape index (κ3) is 4.62. The molecule has 4 aromatic carbocycles. The van der Waals surface area contributed by atoms with E-state index < -0.39 is 41.2 Å². The Labute approximate surface area is 268 Å². The van der Waals surface area contributed by atoms with Crippen LogP contribution in [0.5, 0.6) is 0 Å². The van der Waals surface area contributed by atoms with E-state index in [1.807, 2.05) is 0 Å². The van der Waals surface area contributed by atoms with Crippen molar-refractivity contribution in [2.75, 3.05) is 0 Å². The minimum atomic E-state index is -2.76. The molecule has 0 spiro atoms. The molecule has 7 rings (SSSR count). The predicted octanol–water partition coefficient (Wildman–Crippen LogP) is 12.4. The molecule has 3 heteroatoms. The molecule has 0 radical (unpaired) electrons. The maximum atomic E-state index is 2.95. The summed E-state index contributed by atoms with van der Waals surface area (Å²) >= 11 is -5.52. The van der Waals surface area contributed by atoms with Crippen LogP contribution in [0, 0.1) is 0 Å². The van der Waals surface area contributed by atoms with E-state index in [9.17, 15) is 0 Å². The summed E-state index contributed by atoms with van der Waals surface area (Å²) < 4.78 is 11.8. The third-order valence-corrected chi connectivity index (χ3v) is 134.